The number of nitrogens with zero attached hydrogens (tertiary/aromatic N) is 3. The van der Waals surface area contributed by atoms with Crippen LogP contribution in [0.25, 0.3) is 5.69 Å². The van der Waals surface area contributed by atoms with Gasteiger partial charge in [-0.2, -0.15) is 10.4 Å². The molecule has 0 aliphatic rings. The van der Waals surface area contributed by atoms with Gasteiger partial charge in [0.25, 0.3) is 0 Å². The van der Waals surface area contributed by atoms with Crippen LogP contribution in [0.1, 0.15) is 28.1 Å². The number of amides is 1. The average molecular weight is 360 g/mol. The molecule has 3 aromatic rings. The van der Waals surface area contributed by atoms with E-state index in [0.29, 0.717) is 17.9 Å². The fraction of sp³-hybridized carbons (Fsp3) is 0.190. The molecular weight excluding hydrogens is 340 g/mol. The van der Waals surface area contributed by atoms with Crippen molar-refractivity contribution >= 4 is 5.91 Å². The number of benzene rings is 2. The molecule has 0 aliphatic heterocycles. The first-order valence-electron chi connectivity index (χ1n) is 8.53. The quantitative estimate of drug-likeness (QED) is 0.731. The summed E-state index contributed by atoms with van der Waals surface area (Å²) in [4.78, 5) is 11.0. The number of hydrogen-bond acceptors (Lipinski definition) is 4. The van der Waals surface area contributed by atoms with Crippen molar-refractivity contribution in [2.45, 2.75) is 26.9 Å². The summed E-state index contributed by atoms with van der Waals surface area (Å²) in [5.74, 6) is 0.360. The highest BCUT2D eigenvalue weighted by atomic mass is 16.5. The number of aromatic nitrogens is 2. The Kier molecular flexibility index (Phi) is 5.23. The lowest BCUT2D eigenvalue weighted by molar-refractivity contribution is -0.117. The lowest BCUT2D eigenvalue weighted by Crippen LogP contribution is -2.13. The van der Waals surface area contributed by atoms with Crippen LogP contribution in [0.2, 0.25) is 0 Å². The van der Waals surface area contributed by atoms with E-state index in [4.69, 9.17) is 15.7 Å². The van der Waals surface area contributed by atoms with E-state index in [1.807, 2.05) is 54.9 Å². The van der Waals surface area contributed by atoms with E-state index in [2.05, 4.69) is 11.2 Å². The standard InChI is InChI=1S/C21H20N4O2/c1-14-20(13-27-19-9-5-16(6-10-19)11-21(23)26)15(2)25(24-14)18-7-3-17(12-22)4-8-18/h3-10H,11,13H2,1-2H3,(H2,23,26). The number of nitriles is 1. The number of carbonyl (C=O) groups is 1. The first kappa shape index (κ1) is 18.2. The highest BCUT2D eigenvalue weighted by Gasteiger charge is 2.13. The lowest BCUT2D eigenvalue weighted by Gasteiger charge is -2.08. The van der Waals surface area contributed by atoms with Gasteiger partial charge in [-0.3, -0.25) is 4.79 Å². The summed E-state index contributed by atoms with van der Waals surface area (Å²) in [6, 6.07) is 16.7. The summed E-state index contributed by atoms with van der Waals surface area (Å²) in [5, 5.41) is 13.5. The van der Waals surface area contributed by atoms with Gasteiger partial charge >= 0.3 is 0 Å². The number of carbonyl (C=O) groups excluding carboxylic acids is 1. The van der Waals surface area contributed by atoms with Crippen LogP contribution in [-0.4, -0.2) is 15.7 Å². The van der Waals surface area contributed by atoms with Gasteiger partial charge in [-0.15, -0.1) is 0 Å². The molecule has 27 heavy (non-hydrogen) atoms. The normalized spacial score (nSPS) is 10.4. The molecule has 3 rings (SSSR count). The predicted octanol–water partition coefficient (Wildman–Crippen LogP) is 2.97. The van der Waals surface area contributed by atoms with Crippen molar-refractivity contribution in [3.05, 3.63) is 76.6 Å². The van der Waals surface area contributed by atoms with E-state index >= 15 is 0 Å². The Balaban J connectivity index is 1.75. The Morgan fingerprint density at radius 1 is 1.15 bits per heavy atom. The second kappa shape index (κ2) is 7.75. The highest BCUT2D eigenvalue weighted by molar-refractivity contribution is 5.76. The number of primary amides is 1. The van der Waals surface area contributed by atoms with Gasteiger partial charge < -0.3 is 10.5 Å². The summed E-state index contributed by atoms with van der Waals surface area (Å²) >= 11 is 0. The third-order valence-electron chi connectivity index (χ3n) is 4.37. The molecule has 2 aromatic carbocycles. The maximum atomic E-state index is 11.0. The van der Waals surface area contributed by atoms with Gasteiger partial charge in [0.05, 0.1) is 29.4 Å². The minimum absolute atomic E-state index is 0.218. The van der Waals surface area contributed by atoms with Crippen molar-refractivity contribution in [1.82, 2.24) is 9.78 Å². The molecule has 136 valence electrons. The van der Waals surface area contributed by atoms with Gasteiger partial charge in [0.15, 0.2) is 0 Å². The summed E-state index contributed by atoms with van der Waals surface area (Å²) in [7, 11) is 0. The Morgan fingerprint density at radius 3 is 2.41 bits per heavy atom. The molecule has 6 nitrogen and oxygen atoms in total. The van der Waals surface area contributed by atoms with Crippen LogP contribution in [0.5, 0.6) is 5.75 Å². The molecule has 0 radical (unpaired) electrons. The largest absolute Gasteiger partial charge is 0.489 e. The van der Waals surface area contributed by atoms with Gasteiger partial charge in [0, 0.05) is 11.3 Å². The van der Waals surface area contributed by atoms with Crippen LogP contribution in [0, 0.1) is 25.2 Å². The number of nitrogens with two attached hydrogens (primary N) is 1. The van der Waals surface area contributed by atoms with E-state index in [9.17, 15) is 4.79 Å². The van der Waals surface area contributed by atoms with E-state index in [1.54, 1.807) is 12.1 Å². The highest BCUT2D eigenvalue weighted by Crippen LogP contribution is 2.21. The van der Waals surface area contributed by atoms with Gasteiger partial charge in [-0.25, -0.2) is 4.68 Å². The molecule has 2 N–H and O–H groups in total. The summed E-state index contributed by atoms with van der Waals surface area (Å²) in [6.07, 6.45) is 0.218. The molecule has 0 saturated carbocycles. The van der Waals surface area contributed by atoms with E-state index in [1.165, 1.54) is 0 Å². The van der Waals surface area contributed by atoms with Gasteiger partial charge in [-0.05, 0) is 55.8 Å². The van der Waals surface area contributed by atoms with Crippen molar-refractivity contribution < 1.29 is 9.53 Å². The average Bonchev–Trinajstić information content (AvgIpc) is 2.95. The van der Waals surface area contributed by atoms with Crippen LogP contribution in [0.15, 0.2) is 48.5 Å². The van der Waals surface area contributed by atoms with Gasteiger partial charge in [0.1, 0.15) is 12.4 Å². The molecule has 6 heteroatoms. The minimum atomic E-state index is -0.356. The van der Waals surface area contributed by atoms with Crippen molar-refractivity contribution in [1.29, 1.82) is 5.26 Å². The first-order valence-corrected chi connectivity index (χ1v) is 8.53. The molecular formula is C21H20N4O2. The van der Waals surface area contributed by atoms with Gasteiger partial charge in [0.2, 0.25) is 5.91 Å². The maximum absolute atomic E-state index is 11.0. The maximum Gasteiger partial charge on any atom is 0.221 e. The molecule has 1 aromatic heterocycles. The third kappa shape index (κ3) is 4.15. The Morgan fingerprint density at radius 2 is 1.81 bits per heavy atom. The summed E-state index contributed by atoms with van der Waals surface area (Å²) in [6.45, 7) is 4.33. The zero-order valence-electron chi connectivity index (χ0n) is 15.3. The summed E-state index contributed by atoms with van der Waals surface area (Å²) < 4.78 is 7.74. The SMILES string of the molecule is Cc1nn(-c2ccc(C#N)cc2)c(C)c1COc1ccc(CC(N)=O)cc1. The summed E-state index contributed by atoms with van der Waals surface area (Å²) in [5.41, 5.74) is 10.5. The van der Waals surface area contributed by atoms with Crippen LogP contribution in [0.4, 0.5) is 0 Å². The molecule has 0 atom stereocenters. The smallest absolute Gasteiger partial charge is 0.221 e. The van der Waals surface area contributed by atoms with Crippen molar-refractivity contribution in [3.63, 3.8) is 0 Å². The number of rotatable bonds is 6. The van der Waals surface area contributed by atoms with Gasteiger partial charge in [-0.1, -0.05) is 12.1 Å². The van der Waals surface area contributed by atoms with Crippen molar-refractivity contribution in [2.75, 3.05) is 0 Å². The van der Waals surface area contributed by atoms with Crippen molar-refractivity contribution in [2.24, 2.45) is 5.73 Å². The number of hydrogen-bond donors (Lipinski definition) is 1. The molecule has 0 saturated heterocycles. The molecule has 0 spiro atoms. The van der Waals surface area contributed by atoms with Crippen LogP contribution < -0.4 is 10.5 Å². The molecule has 0 bridgehead atoms. The van der Waals surface area contributed by atoms with E-state index in [-0.39, 0.29) is 12.3 Å². The fourth-order valence-corrected chi connectivity index (χ4v) is 2.87. The molecule has 0 aliphatic carbocycles. The topological polar surface area (TPSA) is 93.9 Å². The van der Waals surface area contributed by atoms with Crippen molar-refractivity contribution in [3.8, 4) is 17.5 Å². The molecule has 1 amide bonds. The predicted molar refractivity (Wildman–Crippen MR) is 101 cm³/mol. The second-order valence-corrected chi connectivity index (χ2v) is 6.30. The third-order valence-corrected chi connectivity index (χ3v) is 4.37. The second-order valence-electron chi connectivity index (χ2n) is 6.30. The lowest BCUT2D eigenvalue weighted by atomic mass is 10.1. The Hall–Kier alpha value is -3.59. The molecule has 0 fully saturated rings. The molecule has 1 heterocycles. The van der Waals surface area contributed by atoms with E-state index in [0.717, 1.165) is 28.2 Å². The van der Waals surface area contributed by atoms with Crippen LogP contribution in [0.3, 0.4) is 0 Å². The van der Waals surface area contributed by atoms with Crippen LogP contribution >= 0.6 is 0 Å². The van der Waals surface area contributed by atoms with E-state index < -0.39 is 0 Å². The fourth-order valence-electron chi connectivity index (χ4n) is 2.87. The molecule has 0 unspecified atom stereocenters. The monoisotopic (exact) mass is 360 g/mol. The van der Waals surface area contributed by atoms with Crippen LogP contribution in [-0.2, 0) is 17.8 Å². The zero-order valence-corrected chi connectivity index (χ0v) is 15.3. The Labute approximate surface area is 157 Å². The number of ether oxygens (including phenoxy) is 1. The Bertz CT molecular complexity index is 996. The first-order chi connectivity index (χ1) is 13.0. The minimum Gasteiger partial charge on any atom is -0.489 e. The number of aryl methyl sites for hydroxylation is 1. The zero-order chi connectivity index (χ0) is 19.4.